The van der Waals surface area contributed by atoms with Gasteiger partial charge in [-0.2, -0.15) is 0 Å². The smallest absolute Gasteiger partial charge is 0.231 e. The Labute approximate surface area is 206 Å². The van der Waals surface area contributed by atoms with Crippen molar-refractivity contribution in [3.05, 3.63) is 92.9 Å². The van der Waals surface area contributed by atoms with Crippen LogP contribution in [0.25, 0.3) is 6.08 Å². The molecule has 3 aliphatic heterocycles. The summed E-state index contributed by atoms with van der Waals surface area (Å²) in [4.78, 5) is 15.3. The third kappa shape index (κ3) is 4.27. The fourth-order valence-electron chi connectivity index (χ4n) is 4.54. The van der Waals surface area contributed by atoms with Gasteiger partial charge in [-0.3, -0.25) is 9.69 Å². The summed E-state index contributed by atoms with van der Waals surface area (Å²) < 4.78 is 36.2. The molecule has 0 fully saturated rings. The molecule has 0 saturated heterocycles. The molecular formula is C27H21ClFNO5. The lowest BCUT2D eigenvalue weighted by Crippen LogP contribution is -2.33. The third-order valence-corrected chi connectivity index (χ3v) is 6.52. The van der Waals surface area contributed by atoms with E-state index in [-0.39, 0.29) is 24.2 Å². The third-order valence-electron chi connectivity index (χ3n) is 6.30. The Bertz CT molecular complexity index is 1350. The van der Waals surface area contributed by atoms with Crippen LogP contribution in [0.4, 0.5) is 4.39 Å². The van der Waals surface area contributed by atoms with E-state index in [0.717, 1.165) is 29.7 Å². The minimum atomic E-state index is -0.247. The highest BCUT2D eigenvalue weighted by molar-refractivity contribution is 6.31. The van der Waals surface area contributed by atoms with Crippen molar-refractivity contribution in [2.24, 2.45) is 0 Å². The lowest BCUT2D eigenvalue weighted by molar-refractivity contribution is -0.0165. The van der Waals surface area contributed by atoms with Crippen LogP contribution < -0.4 is 14.2 Å². The van der Waals surface area contributed by atoms with Crippen LogP contribution in [-0.4, -0.2) is 30.8 Å². The molecule has 6 nitrogen and oxygen atoms in total. The van der Waals surface area contributed by atoms with Crippen LogP contribution in [0.3, 0.4) is 0 Å². The van der Waals surface area contributed by atoms with Crippen LogP contribution in [0.5, 0.6) is 17.2 Å². The Morgan fingerprint density at radius 2 is 1.91 bits per heavy atom. The Morgan fingerprint density at radius 1 is 1.06 bits per heavy atom. The Balaban J connectivity index is 1.25. The van der Waals surface area contributed by atoms with Gasteiger partial charge in [-0.05, 0) is 54.5 Å². The van der Waals surface area contributed by atoms with E-state index in [1.807, 2.05) is 6.07 Å². The summed E-state index contributed by atoms with van der Waals surface area (Å²) in [6.07, 6.45) is 2.42. The van der Waals surface area contributed by atoms with Crippen molar-refractivity contribution in [1.82, 2.24) is 4.90 Å². The highest BCUT2D eigenvalue weighted by Gasteiger charge is 2.34. The molecule has 0 spiro atoms. The number of carbonyl (C=O) groups is 1. The largest absolute Gasteiger partial charge is 0.478 e. The number of ketones is 1. The second-order valence-electron chi connectivity index (χ2n) is 8.66. The molecule has 0 saturated carbocycles. The van der Waals surface area contributed by atoms with Crippen molar-refractivity contribution >= 4 is 23.5 Å². The van der Waals surface area contributed by atoms with Gasteiger partial charge in [0.05, 0.1) is 17.7 Å². The molecule has 0 aromatic heterocycles. The van der Waals surface area contributed by atoms with E-state index in [4.69, 9.17) is 30.5 Å². The van der Waals surface area contributed by atoms with Gasteiger partial charge in [0.25, 0.3) is 0 Å². The Kier molecular flexibility index (Phi) is 5.68. The van der Waals surface area contributed by atoms with Crippen LogP contribution in [0.2, 0.25) is 5.02 Å². The van der Waals surface area contributed by atoms with Crippen LogP contribution in [0.15, 0.2) is 54.3 Å². The molecule has 178 valence electrons. The zero-order valence-electron chi connectivity index (χ0n) is 18.7. The van der Waals surface area contributed by atoms with Crippen LogP contribution in [0, 0.1) is 5.82 Å². The first-order chi connectivity index (χ1) is 17.0. The summed E-state index contributed by atoms with van der Waals surface area (Å²) in [5.41, 5.74) is 3.87. The molecule has 3 aliphatic rings. The Morgan fingerprint density at radius 3 is 2.77 bits per heavy atom. The van der Waals surface area contributed by atoms with E-state index < -0.39 is 0 Å². The number of benzene rings is 3. The lowest BCUT2D eigenvalue weighted by Gasteiger charge is -2.29. The first-order valence-corrected chi connectivity index (χ1v) is 11.7. The van der Waals surface area contributed by atoms with Crippen molar-refractivity contribution in [3.63, 3.8) is 0 Å². The molecule has 0 bridgehead atoms. The molecule has 0 atom stereocenters. The van der Waals surface area contributed by atoms with Crippen LogP contribution in [-0.2, 0) is 24.3 Å². The molecule has 6 rings (SSSR count). The number of hydrogen-bond acceptors (Lipinski definition) is 6. The number of nitrogens with zero attached hydrogens (tertiary/aromatic N) is 1. The number of rotatable bonds is 4. The summed E-state index contributed by atoms with van der Waals surface area (Å²) in [5.74, 6) is 1.62. The summed E-state index contributed by atoms with van der Waals surface area (Å²) in [5, 5.41) is 0.523. The van der Waals surface area contributed by atoms with Gasteiger partial charge in [0.1, 0.15) is 29.8 Å². The van der Waals surface area contributed by atoms with Gasteiger partial charge in [0.2, 0.25) is 5.78 Å². The molecule has 3 heterocycles. The number of allylic oxidation sites excluding steroid dienone is 1. The maximum Gasteiger partial charge on any atom is 0.231 e. The topological polar surface area (TPSA) is 57.2 Å². The second-order valence-corrected chi connectivity index (χ2v) is 9.09. The summed E-state index contributed by atoms with van der Waals surface area (Å²) in [6, 6.07) is 13.6. The zero-order chi connectivity index (χ0) is 23.9. The monoisotopic (exact) mass is 493 g/mol. The first-order valence-electron chi connectivity index (χ1n) is 11.3. The normalized spacial score (nSPS) is 17.8. The molecular weight excluding hydrogens is 473 g/mol. The maximum absolute atomic E-state index is 13.2. The highest BCUT2D eigenvalue weighted by Crippen LogP contribution is 2.43. The molecule has 8 heteroatoms. The number of carbonyl (C=O) groups excluding carboxylic acids is 1. The average molecular weight is 494 g/mol. The van der Waals surface area contributed by atoms with E-state index in [1.54, 1.807) is 36.4 Å². The molecule has 35 heavy (non-hydrogen) atoms. The maximum atomic E-state index is 13.2. The predicted molar refractivity (Wildman–Crippen MR) is 127 cm³/mol. The first kappa shape index (κ1) is 22.1. The summed E-state index contributed by atoms with van der Waals surface area (Å²) in [6.45, 7) is 2.25. The van der Waals surface area contributed by atoms with Crippen LogP contribution >= 0.6 is 11.6 Å². The molecule has 0 aliphatic carbocycles. The van der Waals surface area contributed by atoms with Gasteiger partial charge < -0.3 is 18.9 Å². The standard InChI is InChI=1S/C27H21ClFNO5/c28-19-9-17(26-18(10-19)13-32-15-34-26)11-24-25(31)21-5-6-23-22(27(21)35-24)12-30(14-33-23)8-7-16-1-3-20(29)4-2-16/h1-6,9-11H,7-8,12-15H2/b24-11-. The number of halogens is 2. The molecule has 3 aromatic rings. The molecule has 0 N–H and O–H groups in total. The quantitative estimate of drug-likeness (QED) is 0.456. The van der Waals surface area contributed by atoms with E-state index in [1.165, 1.54) is 12.1 Å². The number of hydrogen-bond donors (Lipinski definition) is 0. The van der Waals surface area contributed by atoms with E-state index >= 15 is 0 Å². The van der Waals surface area contributed by atoms with Crippen molar-refractivity contribution in [2.75, 3.05) is 20.1 Å². The molecule has 3 aromatic carbocycles. The number of Topliss-reactive ketones (excluding diaryl/α,β-unsaturated/α-hetero) is 1. The minimum Gasteiger partial charge on any atom is -0.478 e. The van der Waals surface area contributed by atoms with Gasteiger partial charge in [0, 0.05) is 29.2 Å². The van der Waals surface area contributed by atoms with Gasteiger partial charge in [-0.1, -0.05) is 23.7 Å². The van der Waals surface area contributed by atoms with E-state index in [0.29, 0.717) is 53.3 Å². The molecule has 0 amide bonds. The van der Waals surface area contributed by atoms with Crippen LogP contribution in [0.1, 0.15) is 32.6 Å². The number of ether oxygens (including phenoxy) is 4. The summed E-state index contributed by atoms with van der Waals surface area (Å²) in [7, 11) is 0. The predicted octanol–water partition coefficient (Wildman–Crippen LogP) is 5.36. The van der Waals surface area contributed by atoms with Crippen molar-refractivity contribution < 1.29 is 28.1 Å². The van der Waals surface area contributed by atoms with Gasteiger partial charge in [0.15, 0.2) is 12.6 Å². The van der Waals surface area contributed by atoms with E-state index in [2.05, 4.69) is 4.90 Å². The fourth-order valence-corrected chi connectivity index (χ4v) is 4.79. The van der Waals surface area contributed by atoms with Gasteiger partial charge in [-0.15, -0.1) is 0 Å². The number of fused-ring (bicyclic) bond motifs is 4. The molecule has 0 unspecified atom stereocenters. The fraction of sp³-hybridized carbons (Fsp3) is 0.222. The molecule has 0 radical (unpaired) electrons. The average Bonchev–Trinajstić information content (AvgIpc) is 3.19. The van der Waals surface area contributed by atoms with E-state index in [9.17, 15) is 9.18 Å². The highest BCUT2D eigenvalue weighted by atomic mass is 35.5. The second kappa shape index (κ2) is 9.00. The lowest BCUT2D eigenvalue weighted by atomic mass is 10.0. The van der Waals surface area contributed by atoms with Gasteiger partial charge in [-0.25, -0.2) is 4.39 Å². The zero-order valence-corrected chi connectivity index (χ0v) is 19.4. The van der Waals surface area contributed by atoms with Crippen molar-refractivity contribution in [1.29, 1.82) is 0 Å². The summed E-state index contributed by atoms with van der Waals surface area (Å²) >= 11 is 6.28. The van der Waals surface area contributed by atoms with Crippen molar-refractivity contribution in [2.45, 2.75) is 19.6 Å². The SMILES string of the molecule is O=C1/C(=C/c2cc(Cl)cc3c2OCOC3)Oc2c1ccc1c2CN(CCc2ccc(F)cc2)CO1. The minimum absolute atomic E-state index is 0.137. The van der Waals surface area contributed by atoms with Gasteiger partial charge >= 0.3 is 0 Å². The Hall–Kier alpha value is -3.39. The van der Waals surface area contributed by atoms with Crippen molar-refractivity contribution in [3.8, 4) is 17.2 Å².